The van der Waals surface area contributed by atoms with Gasteiger partial charge in [-0.05, 0) is 27.3 Å². The molecule has 0 unspecified atom stereocenters. The van der Waals surface area contributed by atoms with E-state index in [-0.39, 0.29) is 5.60 Å². The summed E-state index contributed by atoms with van der Waals surface area (Å²) in [6.07, 6.45) is 0. The Bertz CT molecular complexity index is 177. The van der Waals surface area contributed by atoms with Crippen molar-refractivity contribution in [3.8, 4) is 0 Å². The summed E-state index contributed by atoms with van der Waals surface area (Å²) in [4.78, 5) is 2.72. The highest BCUT2D eigenvalue weighted by atomic mass is 32.1. The summed E-state index contributed by atoms with van der Waals surface area (Å²) in [7, 11) is 0. The van der Waals surface area contributed by atoms with Crippen molar-refractivity contribution in [2.75, 3.05) is 26.2 Å². The zero-order valence-electron chi connectivity index (χ0n) is 9.67. The molecule has 0 aliphatic carbocycles. The van der Waals surface area contributed by atoms with Gasteiger partial charge in [-0.2, -0.15) is 0 Å². The fraction of sp³-hybridized carbons (Fsp3) is 0.900. The number of rotatable bonds is 6. The summed E-state index contributed by atoms with van der Waals surface area (Å²) in [5.41, 5.74) is 5.41. The third-order valence-corrected chi connectivity index (χ3v) is 1.90. The van der Waals surface area contributed by atoms with Gasteiger partial charge in [-0.15, -0.1) is 0 Å². The van der Waals surface area contributed by atoms with Crippen molar-refractivity contribution in [1.29, 1.82) is 0 Å². The van der Waals surface area contributed by atoms with Crippen LogP contribution >= 0.6 is 12.2 Å². The molecule has 0 atom stereocenters. The first-order valence-electron chi connectivity index (χ1n) is 4.99. The van der Waals surface area contributed by atoms with E-state index in [1.54, 1.807) is 0 Å². The first-order chi connectivity index (χ1) is 6.35. The van der Waals surface area contributed by atoms with Crippen LogP contribution in [0.15, 0.2) is 0 Å². The molecular weight excluding hydrogens is 196 g/mol. The maximum Gasteiger partial charge on any atom is 0.0870 e. The summed E-state index contributed by atoms with van der Waals surface area (Å²) < 4.78 is 5.62. The molecule has 3 nitrogen and oxygen atoms in total. The van der Waals surface area contributed by atoms with Gasteiger partial charge >= 0.3 is 0 Å². The fourth-order valence-corrected chi connectivity index (χ4v) is 1.23. The van der Waals surface area contributed by atoms with Crippen LogP contribution in [-0.2, 0) is 4.74 Å². The smallest absolute Gasteiger partial charge is 0.0870 e. The molecule has 0 aromatic rings. The molecule has 14 heavy (non-hydrogen) atoms. The van der Waals surface area contributed by atoms with Crippen LogP contribution in [0.2, 0.25) is 0 Å². The molecule has 0 radical (unpaired) electrons. The molecule has 0 aromatic carbocycles. The number of ether oxygens (including phenoxy) is 1. The summed E-state index contributed by atoms with van der Waals surface area (Å²) in [6, 6.07) is 0. The van der Waals surface area contributed by atoms with E-state index in [1.807, 2.05) is 0 Å². The van der Waals surface area contributed by atoms with Gasteiger partial charge in [-0.25, -0.2) is 0 Å². The number of nitrogens with two attached hydrogens (primary N) is 1. The van der Waals surface area contributed by atoms with Gasteiger partial charge in [0.2, 0.25) is 0 Å². The maximum atomic E-state index is 5.62. The lowest BCUT2D eigenvalue weighted by Gasteiger charge is -2.24. The first kappa shape index (κ1) is 13.8. The summed E-state index contributed by atoms with van der Waals surface area (Å²) in [5, 5.41) is 0. The normalized spacial score (nSPS) is 12.1. The molecule has 0 spiro atoms. The molecule has 0 aliphatic heterocycles. The minimum atomic E-state index is -0.0668. The molecule has 0 aliphatic rings. The fourth-order valence-electron chi connectivity index (χ4n) is 1.05. The van der Waals surface area contributed by atoms with E-state index in [4.69, 9.17) is 22.7 Å². The average Bonchev–Trinajstić information content (AvgIpc) is 1.99. The van der Waals surface area contributed by atoms with Gasteiger partial charge in [0.05, 0.1) is 17.2 Å². The zero-order valence-corrected chi connectivity index (χ0v) is 10.5. The van der Waals surface area contributed by atoms with Gasteiger partial charge in [0.25, 0.3) is 0 Å². The third-order valence-electron chi connectivity index (χ3n) is 1.77. The lowest BCUT2D eigenvalue weighted by Crippen LogP contribution is -2.36. The van der Waals surface area contributed by atoms with Crippen molar-refractivity contribution in [3.63, 3.8) is 0 Å². The van der Waals surface area contributed by atoms with Gasteiger partial charge in [-0.3, -0.25) is 4.90 Å². The van der Waals surface area contributed by atoms with Crippen LogP contribution < -0.4 is 5.73 Å². The lowest BCUT2D eigenvalue weighted by atomic mass is 10.2. The summed E-state index contributed by atoms with van der Waals surface area (Å²) in [6.45, 7) is 11.5. The molecule has 0 heterocycles. The number of nitrogens with zero attached hydrogens (tertiary/aromatic N) is 1. The van der Waals surface area contributed by atoms with Crippen molar-refractivity contribution in [3.05, 3.63) is 0 Å². The Labute approximate surface area is 92.6 Å². The van der Waals surface area contributed by atoms with E-state index in [0.29, 0.717) is 11.5 Å². The first-order valence-corrected chi connectivity index (χ1v) is 5.40. The van der Waals surface area contributed by atoms with E-state index in [9.17, 15) is 0 Å². The van der Waals surface area contributed by atoms with Gasteiger partial charge in [0.15, 0.2) is 0 Å². The Balaban J connectivity index is 3.68. The van der Waals surface area contributed by atoms with Crippen molar-refractivity contribution >= 4 is 17.2 Å². The van der Waals surface area contributed by atoms with E-state index in [1.165, 1.54) is 0 Å². The van der Waals surface area contributed by atoms with E-state index in [0.717, 1.165) is 19.7 Å². The third kappa shape index (κ3) is 8.41. The number of thiocarbonyl (C=S) groups is 1. The quantitative estimate of drug-likeness (QED) is 0.684. The van der Waals surface area contributed by atoms with Crippen LogP contribution in [0.25, 0.3) is 0 Å². The van der Waals surface area contributed by atoms with Gasteiger partial charge in [-0.1, -0.05) is 19.1 Å². The standard InChI is InChI=1S/C10H22N2OS/c1-5-12(8-9(11)14)6-7-13-10(2,3)4/h5-8H2,1-4H3,(H2,11,14). The summed E-state index contributed by atoms with van der Waals surface area (Å²) >= 11 is 4.86. The second kappa shape index (κ2) is 6.32. The van der Waals surface area contributed by atoms with Crippen molar-refractivity contribution in [2.24, 2.45) is 5.73 Å². The highest BCUT2D eigenvalue weighted by Crippen LogP contribution is 2.06. The second-order valence-corrected chi connectivity index (χ2v) is 4.82. The number of hydrogen-bond acceptors (Lipinski definition) is 3. The van der Waals surface area contributed by atoms with Gasteiger partial charge in [0, 0.05) is 13.1 Å². The predicted octanol–water partition coefficient (Wildman–Crippen LogP) is 1.41. The molecule has 4 heteroatoms. The maximum absolute atomic E-state index is 5.62. The number of likely N-dealkylation sites (N-methyl/N-ethyl adjacent to an activating group) is 1. The number of hydrogen-bond donors (Lipinski definition) is 1. The molecule has 0 saturated heterocycles. The van der Waals surface area contributed by atoms with Gasteiger partial charge in [0.1, 0.15) is 0 Å². The predicted molar refractivity (Wildman–Crippen MR) is 64.6 cm³/mol. The van der Waals surface area contributed by atoms with E-state index >= 15 is 0 Å². The van der Waals surface area contributed by atoms with Crippen LogP contribution in [0.1, 0.15) is 27.7 Å². The molecule has 0 amide bonds. The molecule has 2 N–H and O–H groups in total. The monoisotopic (exact) mass is 218 g/mol. The Hall–Kier alpha value is -0.190. The second-order valence-electron chi connectivity index (χ2n) is 4.30. The zero-order chi connectivity index (χ0) is 11.2. The average molecular weight is 218 g/mol. The van der Waals surface area contributed by atoms with Crippen LogP contribution in [-0.4, -0.2) is 41.7 Å². The van der Waals surface area contributed by atoms with Crippen LogP contribution in [0, 0.1) is 0 Å². The van der Waals surface area contributed by atoms with Crippen molar-refractivity contribution in [1.82, 2.24) is 4.90 Å². The van der Waals surface area contributed by atoms with Crippen LogP contribution in [0.5, 0.6) is 0 Å². The topological polar surface area (TPSA) is 38.5 Å². The Kier molecular flexibility index (Phi) is 6.24. The highest BCUT2D eigenvalue weighted by Gasteiger charge is 2.10. The molecule has 0 saturated carbocycles. The SMILES string of the molecule is CCN(CCOC(C)(C)C)CC(N)=S. The largest absolute Gasteiger partial charge is 0.392 e. The van der Waals surface area contributed by atoms with E-state index in [2.05, 4.69) is 32.6 Å². The van der Waals surface area contributed by atoms with Crippen LogP contribution in [0.3, 0.4) is 0 Å². The van der Waals surface area contributed by atoms with Gasteiger partial charge < -0.3 is 10.5 Å². The molecule has 0 aromatic heterocycles. The van der Waals surface area contributed by atoms with Crippen LogP contribution in [0.4, 0.5) is 0 Å². The minimum absolute atomic E-state index is 0.0668. The Morgan fingerprint density at radius 1 is 1.43 bits per heavy atom. The molecular formula is C10H22N2OS. The molecule has 0 rings (SSSR count). The van der Waals surface area contributed by atoms with E-state index < -0.39 is 0 Å². The minimum Gasteiger partial charge on any atom is -0.392 e. The lowest BCUT2D eigenvalue weighted by molar-refractivity contribution is -0.0112. The Morgan fingerprint density at radius 2 is 2.00 bits per heavy atom. The van der Waals surface area contributed by atoms with Crippen molar-refractivity contribution < 1.29 is 4.74 Å². The highest BCUT2D eigenvalue weighted by molar-refractivity contribution is 7.80. The Morgan fingerprint density at radius 3 is 2.36 bits per heavy atom. The van der Waals surface area contributed by atoms with Crippen molar-refractivity contribution in [2.45, 2.75) is 33.3 Å². The molecule has 0 bridgehead atoms. The molecule has 0 fully saturated rings. The molecule has 84 valence electrons. The summed E-state index contributed by atoms with van der Waals surface area (Å²) in [5.74, 6) is 0.